The van der Waals surface area contributed by atoms with Gasteiger partial charge in [-0.05, 0) is 110 Å². The average Bonchev–Trinajstić information content (AvgIpc) is 3.83. The van der Waals surface area contributed by atoms with Crippen LogP contribution in [0, 0.1) is 17.3 Å². The molecule has 4 aromatic rings. The van der Waals surface area contributed by atoms with E-state index < -0.39 is 47.2 Å². The number of fused-ring (bicyclic) bond motifs is 6. The van der Waals surface area contributed by atoms with E-state index in [2.05, 4.69) is 60.9 Å². The van der Waals surface area contributed by atoms with Crippen molar-refractivity contribution in [3.63, 3.8) is 0 Å². The van der Waals surface area contributed by atoms with Crippen molar-refractivity contribution >= 4 is 40.5 Å². The van der Waals surface area contributed by atoms with Crippen LogP contribution in [0.4, 0.5) is 0 Å². The number of cyclic esters (lactones) is 1. The van der Waals surface area contributed by atoms with Gasteiger partial charge in [-0.15, -0.1) is 0 Å². The number of methoxy groups -OCH3 is 1. The predicted octanol–water partition coefficient (Wildman–Crippen LogP) is 5.80. The first-order valence-electron chi connectivity index (χ1n) is 23.1. The fourth-order valence-electron chi connectivity index (χ4n) is 10.2. The molecule has 0 radical (unpaired) electrons. The van der Waals surface area contributed by atoms with Crippen LogP contribution in [-0.2, 0) is 59.4 Å². The minimum absolute atomic E-state index is 0.0121. The molecule has 15 nitrogen and oxygen atoms in total. The van der Waals surface area contributed by atoms with Crippen molar-refractivity contribution in [1.29, 1.82) is 0 Å². The van der Waals surface area contributed by atoms with Gasteiger partial charge >= 0.3 is 5.97 Å². The maximum atomic E-state index is 14.7. The van der Waals surface area contributed by atoms with Crippen LogP contribution in [0.25, 0.3) is 33.3 Å². The maximum absolute atomic E-state index is 14.7. The molecule has 2 fully saturated rings. The van der Waals surface area contributed by atoms with Crippen molar-refractivity contribution in [3.05, 3.63) is 84.2 Å². The summed E-state index contributed by atoms with van der Waals surface area (Å²) in [7, 11) is 3.24. The lowest BCUT2D eigenvalue weighted by Crippen LogP contribution is -2.62. The first kappa shape index (κ1) is 47.9. The second-order valence-electron chi connectivity index (χ2n) is 19.3. The summed E-state index contributed by atoms with van der Waals surface area (Å²) in [6, 6.07) is 12.3. The molecule has 2 aromatic heterocycles. The molecule has 5 heterocycles. The second-order valence-corrected chi connectivity index (χ2v) is 19.3. The molecule has 0 spiro atoms. The fraction of sp³-hybridized carbons (Fsp3) is 0.490. The molecule has 5 atom stereocenters. The van der Waals surface area contributed by atoms with E-state index in [0.717, 1.165) is 39.0 Å². The summed E-state index contributed by atoms with van der Waals surface area (Å²) in [6.07, 6.45) is 4.92. The van der Waals surface area contributed by atoms with Gasteiger partial charge in [-0.25, -0.2) is 5.43 Å². The van der Waals surface area contributed by atoms with E-state index in [4.69, 9.17) is 14.5 Å². The van der Waals surface area contributed by atoms with Crippen molar-refractivity contribution < 1.29 is 38.6 Å². The minimum atomic E-state index is -1.17. The maximum Gasteiger partial charge on any atom is 0.324 e. The third-order valence-corrected chi connectivity index (χ3v) is 13.3. The lowest BCUT2D eigenvalue weighted by Gasteiger charge is -2.37. The largest absolute Gasteiger partial charge is 0.508 e. The smallest absolute Gasteiger partial charge is 0.324 e. The first-order valence-corrected chi connectivity index (χ1v) is 23.1. The first-order chi connectivity index (χ1) is 31.4. The standard InChI is InChI=1S/C51H65N7O8/c1-10-44(60)57-27-35(20-31(57)5)48(62)55(8)45(30(3)4)47(61)53-41-23-32-21-34(24-36(59)22-32)33-16-17-43-38(25-33)39(46(56(43)11-2)37-14-12-18-52-42(37)28-65-9)26-51(6,7)29-66-50(64)40-15-13-19-58(54-40)49(41)63/h10,12,14,16-18,21-22,24-25,30-31,35,40-41,45,54,59H,1,11,13,15,19-20,23,26-29H2,2-9H3,(H,53,61)/t31-,35+,40+,41+,45?/m1/s1. The molecule has 66 heavy (non-hydrogen) atoms. The predicted molar refractivity (Wildman–Crippen MR) is 251 cm³/mol. The van der Waals surface area contributed by atoms with E-state index in [-0.39, 0.29) is 55.6 Å². The second kappa shape index (κ2) is 19.8. The van der Waals surface area contributed by atoms with Crippen molar-refractivity contribution in [2.24, 2.45) is 17.3 Å². The van der Waals surface area contributed by atoms with E-state index >= 15 is 0 Å². The normalized spacial score (nSPS) is 21.6. The molecule has 3 aliphatic heterocycles. The lowest BCUT2D eigenvalue weighted by atomic mass is 9.84. The number of ether oxygens (including phenoxy) is 2. The Morgan fingerprint density at radius 1 is 1.14 bits per heavy atom. The van der Waals surface area contributed by atoms with E-state index in [1.165, 1.54) is 16.0 Å². The molecule has 3 N–H and O–H groups in total. The van der Waals surface area contributed by atoms with Crippen LogP contribution >= 0.6 is 0 Å². The highest BCUT2D eigenvalue weighted by Gasteiger charge is 2.42. The van der Waals surface area contributed by atoms with E-state index in [1.54, 1.807) is 37.4 Å². The summed E-state index contributed by atoms with van der Waals surface area (Å²) in [5, 5.41) is 16.7. The van der Waals surface area contributed by atoms with Gasteiger partial charge in [0.1, 0.15) is 23.9 Å². The third-order valence-electron chi connectivity index (χ3n) is 13.3. The topological polar surface area (TPSA) is 176 Å². The number of aryl methyl sites for hydroxylation is 1. The van der Waals surface area contributed by atoms with Crippen LogP contribution in [-0.4, -0.2) is 117 Å². The van der Waals surface area contributed by atoms with Gasteiger partial charge in [-0.3, -0.25) is 34.0 Å². The number of nitrogens with zero attached hydrogens (tertiary/aromatic N) is 5. The number of esters is 1. The van der Waals surface area contributed by atoms with Gasteiger partial charge in [-0.2, -0.15) is 0 Å². The lowest BCUT2D eigenvalue weighted by molar-refractivity contribution is -0.155. The average molecular weight is 904 g/mol. The number of rotatable bonds is 10. The molecule has 352 valence electrons. The molecule has 3 aliphatic rings. The number of hydrogen-bond acceptors (Lipinski definition) is 10. The zero-order chi connectivity index (χ0) is 47.6. The molecule has 0 aliphatic carbocycles. The van der Waals surface area contributed by atoms with Crippen LogP contribution in [0.1, 0.15) is 77.6 Å². The number of carbonyl (C=O) groups excluding carboxylic acids is 5. The number of pyridine rings is 1. The number of aromatic hydroxyl groups is 1. The summed E-state index contributed by atoms with van der Waals surface area (Å²) >= 11 is 0. The van der Waals surface area contributed by atoms with Gasteiger partial charge in [-0.1, -0.05) is 46.4 Å². The Kier molecular flexibility index (Phi) is 14.4. The van der Waals surface area contributed by atoms with Gasteiger partial charge in [0.05, 0.1) is 30.5 Å². The molecule has 7 rings (SSSR count). The molecular weight excluding hydrogens is 839 g/mol. The SMILES string of the molecule is C=CC(=O)N1C[C@@H](C(=O)N(C)C(C(=O)N[C@H]2Cc3cc(O)cc(c3)-c3ccc4c(c3)c(c(-c3cccnc3COC)n4CC)CC(C)(C)COC(=O)[C@@H]3CCCN(N3)C2=O)C(C)C)C[C@H]1C. The summed E-state index contributed by atoms with van der Waals surface area (Å²) in [4.78, 5) is 77.5. The monoisotopic (exact) mass is 903 g/mol. The van der Waals surface area contributed by atoms with Crippen LogP contribution < -0.4 is 10.7 Å². The molecule has 0 saturated carbocycles. The van der Waals surface area contributed by atoms with Crippen LogP contribution in [0.5, 0.6) is 5.75 Å². The number of nitrogens with one attached hydrogen (secondary N) is 2. The minimum Gasteiger partial charge on any atom is -0.508 e. The summed E-state index contributed by atoms with van der Waals surface area (Å²) < 4.78 is 14.0. The Morgan fingerprint density at radius 2 is 1.91 bits per heavy atom. The molecule has 1 unspecified atom stereocenters. The van der Waals surface area contributed by atoms with E-state index in [9.17, 15) is 29.1 Å². The van der Waals surface area contributed by atoms with Gasteiger partial charge in [0, 0.05) is 74.3 Å². The van der Waals surface area contributed by atoms with Gasteiger partial charge in [0.25, 0.3) is 5.91 Å². The number of phenolic OH excluding ortho intramolecular Hbond substituents is 1. The zero-order valence-corrected chi connectivity index (χ0v) is 39.6. The number of amides is 4. The Hall–Kier alpha value is -6.06. The van der Waals surface area contributed by atoms with E-state index in [1.807, 2.05) is 39.0 Å². The molecule has 15 heteroatoms. The van der Waals surface area contributed by atoms with Crippen molar-refractivity contribution in [3.8, 4) is 28.1 Å². The van der Waals surface area contributed by atoms with Gasteiger partial charge in [0.15, 0.2) is 0 Å². The highest BCUT2D eigenvalue weighted by Crippen LogP contribution is 2.41. The number of hydrazine groups is 1. The summed E-state index contributed by atoms with van der Waals surface area (Å²) in [5.74, 6) is -2.90. The summed E-state index contributed by atoms with van der Waals surface area (Å²) in [5.41, 5.74) is 9.53. The van der Waals surface area contributed by atoms with Gasteiger partial charge < -0.3 is 34.3 Å². The zero-order valence-electron chi connectivity index (χ0n) is 39.6. The van der Waals surface area contributed by atoms with E-state index in [0.29, 0.717) is 50.0 Å². The highest BCUT2D eigenvalue weighted by molar-refractivity contribution is 5.96. The number of phenols is 1. The molecule has 6 bridgehead atoms. The Balaban J connectivity index is 1.30. The molecular formula is C51H65N7O8. The van der Waals surface area contributed by atoms with Crippen molar-refractivity contribution in [2.75, 3.05) is 33.9 Å². The number of hydrogen-bond donors (Lipinski definition) is 3. The number of carbonyl (C=O) groups is 5. The number of likely N-dealkylation sites (N-methyl/N-ethyl adjacent to an activating group) is 1. The Labute approximate surface area is 387 Å². The number of benzene rings is 2. The molecule has 2 aromatic carbocycles. The highest BCUT2D eigenvalue weighted by atomic mass is 16.5. The Morgan fingerprint density at radius 3 is 2.62 bits per heavy atom. The van der Waals surface area contributed by atoms with Gasteiger partial charge in [0.2, 0.25) is 17.7 Å². The number of aromatic nitrogens is 2. The van der Waals surface area contributed by atoms with Crippen molar-refractivity contribution in [2.45, 2.75) is 111 Å². The van der Waals surface area contributed by atoms with Crippen LogP contribution in [0.15, 0.2) is 67.4 Å². The quantitative estimate of drug-likeness (QED) is 0.130. The van der Waals surface area contributed by atoms with Crippen molar-refractivity contribution in [1.82, 2.24) is 35.1 Å². The third kappa shape index (κ3) is 9.87. The Bertz CT molecular complexity index is 2510. The summed E-state index contributed by atoms with van der Waals surface area (Å²) in [6.45, 7) is 17.0. The molecule has 4 amide bonds. The fourth-order valence-corrected chi connectivity index (χ4v) is 10.2. The number of likely N-dealkylation sites (tertiary alicyclic amines) is 1. The van der Waals surface area contributed by atoms with Crippen LogP contribution in [0.2, 0.25) is 0 Å². The molecule has 2 saturated heterocycles. The van der Waals surface area contributed by atoms with Crippen LogP contribution in [0.3, 0.4) is 0 Å².